The molecule has 1 N–H and O–H groups in total. The fourth-order valence-electron chi connectivity index (χ4n) is 2.06. The number of aryl methyl sites for hydroxylation is 2. The van der Waals surface area contributed by atoms with Crippen molar-refractivity contribution in [3.63, 3.8) is 0 Å². The normalized spacial score (nSPS) is 14.5. The van der Waals surface area contributed by atoms with Crippen LogP contribution < -0.4 is 4.73 Å². The molecule has 1 aromatic heterocycles. The molecule has 70 valence electrons. The Hall–Kier alpha value is -1.05. The zero-order chi connectivity index (χ0) is 9.26. The molecule has 2 rings (SSSR count). The van der Waals surface area contributed by atoms with Crippen LogP contribution in [0, 0.1) is 0 Å². The lowest BCUT2D eigenvalue weighted by molar-refractivity contribution is -0.914. The summed E-state index contributed by atoms with van der Waals surface area (Å²) in [5.41, 5.74) is 3.50. The zero-order valence-electron chi connectivity index (χ0n) is 8.08. The van der Waals surface area contributed by atoms with Crippen LogP contribution in [0.4, 0.5) is 0 Å². The lowest BCUT2D eigenvalue weighted by atomic mass is 10.1. The fourth-order valence-corrected chi connectivity index (χ4v) is 2.06. The van der Waals surface area contributed by atoms with Gasteiger partial charge < -0.3 is 0 Å². The number of rotatable bonds is 2. The first-order valence-corrected chi connectivity index (χ1v) is 5.08. The first-order valence-electron chi connectivity index (χ1n) is 5.08. The molecule has 0 fully saturated rings. The van der Waals surface area contributed by atoms with E-state index in [2.05, 4.69) is 13.0 Å². The smallest absolute Gasteiger partial charge is 0.237 e. The van der Waals surface area contributed by atoms with E-state index in [1.165, 1.54) is 16.7 Å². The minimum absolute atomic E-state index is 0.962. The van der Waals surface area contributed by atoms with E-state index in [1.54, 1.807) is 0 Å². The molecule has 0 atom stereocenters. The molecule has 2 heteroatoms. The van der Waals surface area contributed by atoms with E-state index in [0.717, 1.165) is 37.1 Å². The second-order valence-corrected chi connectivity index (χ2v) is 3.71. The van der Waals surface area contributed by atoms with Gasteiger partial charge in [-0.3, -0.25) is 5.21 Å². The molecule has 1 aromatic rings. The van der Waals surface area contributed by atoms with E-state index in [-0.39, 0.29) is 0 Å². The molecule has 0 bridgehead atoms. The molecule has 0 saturated heterocycles. The number of aromatic nitrogens is 1. The molecule has 0 unspecified atom stereocenters. The molecular weight excluding hydrogens is 162 g/mol. The SMILES string of the molecule is CCCc1ccc2c([n+]1O)CCC2. The number of fused-ring (bicyclic) bond motifs is 1. The van der Waals surface area contributed by atoms with Gasteiger partial charge in [0, 0.05) is 29.2 Å². The zero-order valence-corrected chi connectivity index (χ0v) is 8.08. The average molecular weight is 178 g/mol. The monoisotopic (exact) mass is 178 g/mol. The van der Waals surface area contributed by atoms with Crippen LogP contribution >= 0.6 is 0 Å². The predicted octanol–water partition coefficient (Wildman–Crippen LogP) is 1.65. The molecule has 1 aliphatic rings. The Bertz CT molecular complexity index is 320. The summed E-state index contributed by atoms with van der Waals surface area (Å²) in [5, 5.41) is 9.86. The minimum Gasteiger partial charge on any atom is -0.285 e. The number of hydrogen-bond donors (Lipinski definition) is 1. The van der Waals surface area contributed by atoms with Crippen molar-refractivity contribution in [3.8, 4) is 0 Å². The van der Waals surface area contributed by atoms with E-state index in [0.29, 0.717) is 0 Å². The van der Waals surface area contributed by atoms with Gasteiger partial charge in [0.15, 0.2) is 0 Å². The van der Waals surface area contributed by atoms with Crippen molar-refractivity contribution >= 4 is 0 Å². The highest BCUT2D eigenvalue weighted by Gasteiger charge is 2.24. The Morgan fingerprint density at radius 1 is 1.38 bits per heavy atom. The summed E-state index contributed by atoms with van der Waals surface area (Å²) in [6, 6.07) is 4.22. The van der Waals surface area contributed by atoms with Crippen molar-refractivity contribution < 1.29 is 9.94 Å². The summed E-state index contributed by atoms with van der Waals surface area (Å²) in [4.78, 5) is 0. The van der Waals surface area contributed by atoms with Crippen molar-refractivity contribution in [3.05, 3.63) is 29.1 Å². The Morgan fingerprint density at radius 2 is 2.23 bits per heavy atom. The van der Waals surface area contributed by atoms with Gasteiger partial charge in [0.1, 0.15) is 0 Å². The fraction of sp³-hybridized carbons (Fsp3) is 0.545. The summed E-state index contributed by atoms with van der Waals surface area (Å²) < 4.78 is 1.41. The summed E-state index contributed by atoms with van der Waals surface area (Å²) in [6.45, 7) is 2.13. The van der Waals surface area contributed by atoms with Crippen molar-refractivity contribution in [1.82, 2.24) is 0 Å². The van der Waals surface area contributed by atoms with Crippen molar-refractivity contribution in [2.24, 2.45) is 0 Å². The van der Waals surface area contributed by atoms with E-state index in [4.69, 9.17) is 0 Å². The highest BCUT2D eigenvalue weighted by atomic mass is 16.5. The second kappa shape index (κ2) is 3.36. The maximum atomic E-state index is 9.86. The molecule has 0 amide bonds. The van der Waals surface area contributed by atoms with Gasteiger partial charge in [-0.2, -0.15) is 0 Å². The van der Waals surface area contributed by atoms with Gasteiger partial charge in [-0.1, -0.05) is 6.92 Å². The van der Waals surface area contributed by atoms with Crippen LogP contribution in [0.15, 0.2) is 12.1 Å². The van der Waals surface area contributed by atoms with Crippen LogP contribution in [-0.4, -0.2) is 5.21 Å². The van der Waals surface area contributed by atoms with E-state index < -0.39 is 0 Å². The molecule has 1 aliphatic carbocycles. The molecule has 2 nitrogen and oxygen atoms in total. The van der Waals surface area contributed by atoms with Crippen LogP contribution in [0.25, 0.3) is 0 Å². The molecule has 0 saturated carbocycles. The topological polar surface area (TPSA) is 24.1 Å². The summed E-state index contributed by atoms with van der Waals surface area (Å²) >= 11 is 0. The number of hydrogen-bond acceptors (Lipinski definition) is 1. The van der Waals surface area contributed by atoms with Crippen LogP contribution in [-0.2, 0) is 19.3 Å². The van der Waals surface area contributed by atoms with Crippen molar-refractivity contribution in [2.75, 3.05) is 0 Å². The third kappa shape index (κ3) is 1.41. The highest BCUT2D eigenvalue weighted by molar-refractivity contribution is 5.22. The second-order valence-electron chi connectivity index (χ2n) is 3.71. The first kappa shape index (κ1) is 8.54. The van der Waals surface area contributed by atoms with Gasteiger partial charge in [-0.25, -0.2) is 0 Å². The van der Waals surface area contributed by atoms with Gasteiger partial charge in [0.25, 0.3) is 0 Å². The maximum absolute atomic E-state index is 9.86. The van der Waals surface area contributed by atoms with Crippen LogP contribution in [0.1, 0.15) is 36.7 Å². The highest BCUT2D eigenvalue weighted by Crippen LogP contribution is 2.18. The van der Waals surface area contributed by atoms with Crippen LogP contribution in [0.3, 0.4) is 0 Å². The molecule has 0 spiro atoms. The molecule has 0 aliphatic heterocycles. The average Bonchev–Trinajstić information content (AvgIpc) is 2.58. The van der Waals surface area contributed by atoms with Gasteiger partial charge in [-0.05, 0) is 25.3 Å². The first-order chi connectivity index (χ1) is 6.33. The van der Waals surface area contributed by atoms with Crippen LogP contribution in [0.5, 0.6) is 0 Å². The number of nitrogens with zero attached hydrogens (tertiary/aromatic N) is 1. The number of pyridine rings is 1. The lowest BCUT2D eigenvalue weighted by Crippen LogP contribution is -2.39. The molecule has 13 heavy (non-hydrogen) atoms. The van der Waals surface area contributed by atoms with Gasteiger partial charge in [0.2, 0.25) is 11.4 Å². The minimum atomic E-state index is 0.962. The summed E-state index contributed by atoms with van der Waals surface area (Å²) in [7, 11) is 0. The Labute approximate surface area is 78.8 Å². The largest absolute Gasteiger partial charge is 0.285 e. The van der Waals surface area contributed by atoms with E-state index in [1.807, 2.05) is 6.07 Å². The molecular formula is C11H16NO+. The lowest BCUT2D eigenvalue weighted by Gasteiger charge is -1.99. The van der Waals surface area contributed by atoms with Crippen molar-refractivity contribution in [1.29, 1.82) is 0 Å². The Morgan fingerprint density at radius 3 is 3.00 bits per heavy atom. The maximum Gasteiger partial charge on any atom is 0.237 e. The Balaban J connectivity index is 2.40. The van der Waals surface area contributed by atoms with E-state index in [9.17, 15) is 5.21 Å². The predicted molar refractivity (Wildman–Crippen MR) is 49.8 cm³/mol. The third-order valence-corrected chi connectivity index (χ3v) is 2.74. The molecule has 1 heterocycles. The quantitative estimate of drug-likeness (QED) is 0.540. The van der Waals surface area contributed by atoms with Gasteiger partial charge >= 0.3 is 0 Å². The molecule has 0 radical (unpaired) electrons. The summed E-state index contributed by atoms with van der Waals surface area (Å²) in [6.07, 6.45) is 5.39. The van der Waals surface area contributed by atoms with Gasteiger partial charge in [0.05, 0.1) is 0 Å². The van der Waals surface area contributed by atoms with E-state index >= 15 is 0 Å². The third-order valence-electron chi connectivity index (χ3n) is 2.74. The van der Waals surface area contributed by atoms with Crippen molar-refractivity contribution in [2.45, 2.75) is 39.0 Å². The summed E-state index contributed by atoms with van der Waals surface area (Å²) in [5.74, 6) is 0. The van der Waals surface area contributed by atoms with Gasteiger partial charge in [-0.15, -0.1) is 0 Å². The Kier molecular flexibility index (Phi) is 2.21. The molecule has 0 aromatic carbocycles. The standard InChI is InChI=1S/C11H16NO/c1-2-4-10-8-7-9-5-3-6-11(9)12(10)13/h7-8,13H,2-6H2,1H3/q+1. The van der Waals surface area contributed by atoms with Crippen LogP contribution in [0.2, 0.25) is 0 Å².